The van der Waals surface area contributed by atoms with Crippen LogP contribution >= 0.6 is 0 Å². The summed E-state index contributed by atoms with van der Waals surface area (Å²) in [4.78, 5) is 12.0. The minimum Gasteiger partial charge on any atom is -0.484 e. The van der Waals surface area contributed by atoms with Crippen molar-refractivity contribution in [3.63, 3.8) is 0 Å². The van der Waals surface area contributed by atoms with E-state index in [0.717, 1.165) is 11.3 Å². The van der Waals surface area contributed by atoms with Gasteiger partial charge in [0.2, 0.25) is 0 Å². The van der Waals surface area contributed by atoms with Crippen LogP contribution in [0, 0.1) is 11.3 Å². The largest absolute Gasteiger partial charge is 0.484 e. The van der Waals surface area contributed by atoms with E-state index < -0.39 is 0 Å². The standard InChI is InChI=1S/C22H18N2O3/c23-15-14-17-6-8-18(9-7-17)24-22(25)16-26-19-10-12-21(13-11-19)27-20-4-2-1-3-5-20/h1-13H,14,16H2,(H,24,25). The molecule has 0 bridgehead atoms. The summed E-state index contributed by atoms with van der Waals surface area (Å²) in [6, 6.07) is 25.8. The lowest BCUT2D eigenvalue weighted by molar-refractivity contribution is -0.118. The highest BCUT2D eigenvalue weighted by molar-refractivity contribution is 5.91. The lowest BCUT2D eigenvalue weighted by Gasteiger charge is -2.09. The van der Waals surface area contributed by atoms with Crippen molar-refractivity contribution in [2.24, 2.45) is 0 Å². The number of para-hydroxylation sites is 1. The zero-order valence-electron chi connectivity index (χ0n) is 14.6. The molecule has 3 aromatic rings. The van der Waals surface area contributed by atoms with Crippen molar-refractivity contribution >= 4 is 11.6 Å². The molecule has 5 heteroatoms. The number of hydrogen-bond acceptors (Lipinski definition) is 4. The number of hydrogen-bond donors (Lipinski definition) is 1. The summed E-state index contributed by atoms with van der Waals surface area (Å²) in [6.07, 6.45) is 0.349. The number of nitrogens with zero attached hydrogens (tertiary/aromatic N) is 1. The summed E-state index contributed by atoms with van der Waals surface area (Å²) in [7, 11) is 0. The van der Waals surface area contributed by atoms with Crippen LogP contribution in [0.5, 0.6) is 17.2 Å². The molecule has 0 aliphatic carbocycles. The first-order valence-electron chi connectivity index (χ1n) is 8.44. The van der Waals surface area contributed by atoms with Crippen LogP contribution in [-0.2, 0) is 11.2 Å². The van der Waals surface area contributed by atoms with Gasteiger partial charge in [0.25, 0.3) is 5.91 Å². The number of amides is 1. The Balaban J connectivity index is 1.48. The van der Waals surface area contributed by atoms with Crippen molar-refractivity contribution in [1.82, 2.24) is 0 Å². The number of ether oxygens (including phenoxy) is 2. The number of nitriles is 1. The topological polar surface area (TPSA) is 71.4 Å². The van der Waals surface area contributed by atoms with Crippen LogP contribution in [0.2, 0.25) is 0 Å². The van der Waals surface area contributed by atoms with Crippen LogP contribution < -0.4 is 14.8 Å². The quantitative estimate of drug-likeness (QED) is 0.672. The summed E-state index contributed by atoms with van der Waals surface area (Å²) >= 11 is 0. The molecule has 0 aromatic heterocycles. The molecule has 0 unspecified atom stereocenters. The van der Waals surface area contributed by atoms with Gasteiger partial charge in [-0.3, -0.25) is 4.79 Å². The fourth-order valence-corrected chi connectivity index (χ4v) is 2.37. The molecule has 0 saturated heterocycles. The number of carbonyl (C=O) groups is 1. The fourth-order valence-electron chi connectivity index (χ4n) is 2.37. The van der Waals surface area contributed by atoms with Crippen LogP contribution in [0.25, 0.3) is 0 Å². The van der Waals surface area contributed by atoms with E-state index in [-0.39, 0.29) is 12.5 Å². The second kappa shape index (κ2) is 9.07. The number of rotatable bonds is 7. The van der Waals surface area contributed by atoms with Gasteiger partial charge >= 0.3 is 0 Å². The van der Waals surface area contributed by atoms with E-state index >= 15 is 0 Å². The van der Waals surface area contributed by atoms with Crippen LogP contribution in [0.4, 0.5) is 5.69 Å². The van der Waals surface area contributed by atoms with Crippen molar-refractivity contribution in [1.29, 1.82) is 5.26 Å². The summed E-state index contributed by atoms with van der Waals surface area (Å²) < 4.78 is 11.2. The molecule has 5 nitrogen and oxygen atoms in total. The molecule has 3 aromatic carbocycles. The van der Waals surface area contributed by atoms with Gasteiger partial charge in [0.15, 0.2) is 6.61 Å². The van der Waals surface area contributed by atoms with Crippen LogP contribution in [0.3, 0.4) is 0 Å². The molecular formula is C22H18N2O3. The molecule has 1 N–H and O–H groups in total. The van der Waals surface area contributed by atoms with Crippen LogP contribution in [-0.4, -0.2) is 12.5 Å². The maximum absolute atomic E-state index is 12.0. The molecule has 0 atom stereocenters. The minimum atomic E-state index is -0.257. The van der Waals surface area contributed by atoms with Gasteiger partial charge in [0.1, 0.15) is 17.2 Å². The van der Waals surface area contributed by atoms with Gasteiger partial charge in [-0.2, -0.15) is 5.26 Å². The molecule has 0 spiro atoms. The number of benzene rings is 3. The lowest BCUT2D eigenvalue weighted by atomic mass is 10.1. The third-order valence-electron chi connectivity index (χ3n) is 3.69. The van der Waals surface area contributed by atoms with Crippen molar-refractivity contribution in [2.75, 3.05) is 11.9 Å². The van der Waals surface area contributed by atoms with Gasteiger partial charge in [-0.1, -0.05) is 30.3 Å². The average molecular weight is 358 g/mol. The van der Waals surface area contributed by atoms with Gasteiger partial charge in [-0.05, 0) is 54.1 Å². The van der Waals surface area contributed by atoms with Crippen molar-refractivity contribution < 1.29 is 14.3 Å². The Morgan fingerprint density at radius 1 is 0.852 bits per heavy atom. The first-order valence-corrected chi connectivity index (χ1v) is 8.44. The molecule has 0 fully saturated rings. The second-order valence-corrected chi connectivity index (χ2v) is 5.76. The van der Waals surface area contributed by atoms with Gasteiger partial charge in [0, 0.05) is 5.69 Å². The van der Waals surface area contributed by atoms with Gasteiger partial charge in [-0.25, -0.2) is 0 Å². The summed E-state index contributed by atoms with van der Waals surface area (Å²) in [5.41, 5.74) is 1.57. The fraction of sp³-hybridized carbons (Fsp3) is 0.0909. The van der Waals surface area contributed by atoms with E-state index in [4.69, 9.17) is 14.7 Å². The number of carbonyl (C=O) groups excluding carboxylic acids is 1. The van der Waals surface area contributed by atoms with E-state index in [1.165, 1.54) is 0 Å². The first kappa shape index (κ1) is 18.0. The molecule has 0 aliphatic rings. The second-order valence-electron chi connectivity index (χ2n) is 5.76. The van der Waals surface area contributed by atoms with E-state index in [0.29, 0.717) is 23.6 Å². The monoisotopic (exact) mass is 358 g/mol. The van der Waals surface area contributed by atoms with Gasteiger partial charge in [0.05, 0.1) is 12.5 Å². The molecule has 27 heavy (non-hydrogen) atoms. The van der Waals surface area contributed by atoms with E-state index in [1.54, 1.807) is 36.4 Å². The summed E-state index contributed by atoms with van der Waals surface area (Å²) in [5.74, 6) is 1.77. The highest BCUT2D eigenvalue weighted by atomic mass is 16.5. The molecular weight excluding hydrogens is 340 g/mol. The highest BCUT2D eigenvalue weighted by Crippen LogP contribution is 2.23. The smallest absolute Gasteiger partial charge is 0.262 e. The van der Waals surface area contributed by atoms with E-state index in [9.17, 15) is 4.79 Å². The average Bonchev–Trinajstić information content (AvgIpc) is 2.70. The van der Waals surface area contributed by atoms with E-state index in [1.807, 2.05) is 42.5 Å². The number of nitrogens with one attached hydrogen (secondary N) is 1. The lowest BCUT2D eigenvalue weighted by Crippen LogP contribution is -2.20. The van der Waals surface area contributed by atoms with Gasteiger partial charge < -0.3 is 14.8 Å². The molecule has 0 heterocycles. The molecule has 3 rings (SSSR count). The number of anilines is 1. The van der Waals surface area contributed by atoms with Crippen LogP contribution in [0.1, 0.15) is 5.56 Å². The SMILES string of the molecule is N#CCc1ccc(NC(=O)COc2ccc(Oc3ccccc3)cc2)cc1. The predicted octanol–water partition coefficient (Wildman–Crippen LogP) is 4.56. The predicted molar refractivity (Wildman–Crippen MR) is 103 cm³/mol. The normalized spacial score (nSPS) is 9.89. The molecule has 1 amide bonds. The Labute approximate surface area is 157 Å². The molecule has 134 valence electrons. The zero-order chi connectivity index (χ0) is 18.9. The first-order chi connectivity index (χ1) is 13.2. The summed E-state index contributed by atoms with van der Waals surface area (Å²) in [6.45, 7) is -0.0984. The Morgan fingerprint density at radius 2 is 1.48 bits per heavy atom. The maximum atomic E-state index is 12.0. The minimum absolute atomic E-state index is 0.0984. The maximum Gasteiger partial charge on any atom is 0.262 e. The van der Waals surface area contributed by atoms with E-state index in [2.05, 4.69) is 11.4 Å². The zero-order valence-corrected chi connectivity index (χ0v) is 14.6. The van der Waals surface area contributed by atoms with Crippen molar-refractivity contribution in [2.45, 2.75) is 6.42 Å². The summed E-state index contributed by atoms with van der Waals surface area (Å²) in [5, 5.41) is 11.4. The third kappa shape index (κ3) is 5.62. The van der Waals surface area contributed by atoms with Crippen LogP contribution in [0.15, 0.2) is 78.9 Å². The molecule has 0 aliphatic heterocycles. The van der Waals surface area contributed by atoms with Crippen molar-refractivity contribution in [3.8, 4) is 23.3 Å². The Kier molecular flexibility index (Phi) is 6.05. The highest BCUT2D eigenvalue weighted by Gasteiger charge is 2.05. The van der Waals surface area contributed by atoms with Crippen molar-refractivity contribution in [3.05, 3.63) is 84.4 Å². The Morgan fingerprint density at radius 3 is 2.15 bits per heavy atom. The van der Waals surface area contributed by atoms with Gasteiger partial charge in [-0.15, -0.1) is 0 Å². The Bertz CT molecular complexity index is 915. The third-order valence-corrected chi connectivity index (χ3v) is 3.69. The molecule has 0 radical (unpaired) electrons. The molecule has 0 saturated carbocycles. The Hall–Kier alpha value is -3.78.